The highest BCUT2D eigenvalue weighted by molar-refractivity contribution is 6.07. The molecule has 0 bridgehead atoms. The van der Waals surface area contributed by atoms with E-state index in [0.717, 1.165) is 0 Å². The Hall–Kier alpha value is -4.87. The zero-order chi connectivity index (χ0) is 26.2. The minimum Gasteiger partial charge on any atom is -0.493 e. The lowest BCUT2D eigenvalue weighted by atomic mass is 10.1. The van der Waals surface area contributed by atoms with E-state index in [-0.39, 0.29) is 12.4 Å². The van der Waals surface area contributed by atoms with Gasteiger partial charge in [0.05, 0.1) is 30.7 Å². The molecule has 4 aromatic rings. The second kappa shape index (κ2) is 11.5. The van der Waals surface area contributed by atoms with E-state index in [1.807, 2.05) is 0 Å². The van der Waals surface area contributed by atoms with E-state index in [0.29, 0.717) is 56.3 Å². The van der Waals surface area contributed by atoms with E-state index in [4.69, 9.17) is 23.7 Å². The lowest BCUT2D eigenvalue weighted by Crippen LogP contribution is -2.18. The summed E-state index contributed by atoms with van der Waals surface area (Å²) >= 11 is 0. The number of carboxylic acid groups (broad SMARTS) is 1. The maximum atomic E-state index is 12.1. The summed E-state index contributed by atoms with van der Waals surface area (Å²) in [6.45, 7) is 1.29. The number of nitrogens with one attached hydrogen (secondary N) is 1. The molecular weight excluding hydrogens is 474 g/mol. The summed E-state index contributed by atoms with van der Waals surface area (Å²) < 4.78 is 26.2. The molecule has 0 spiro atoms. The number of fused-ring (bicyclic) bond motifs is 2. The van der Waals surface area contributed by atoms with Gasteiger partial charge in [0.15, 0.2) is 18.1 Å². The molecule has 0 atom stereocenters. The highest BCUT2D eigenvalue weighted by atomic mass is 16.5. The number of aliphatic carboxylic acids is 1. The van der Waals surface area contributed by atoms with Crippen LogP contribution in [-0.4, -0.2) is 61.3 Å². The van der Waals surface area contributed by atoms with Crippen LogP contribution in [0.25, 0.3) is 21.9 Å². The fourth-order valence-corrected chi connectivity index (χ4v) is 3.33. The molecule has 188 valence electrons. The molecule has 2 aromatic heterocycles. The number of rotatable bonds is 8. The van der Waals surface area contributed by atoms with Gasteiger partial charge >= 0.3 is 5.97 Å². The van der Waals surface area contributed by atoms with Gasteiger partial charge in [-0.1, -0.05) is 0 Å². The number of methoxy groups -OCH3 is 2. The van der Waals surface area contributed by atoms with Crippen molar-refractivity contribution in [1.82, 2.24) is 15.3 Å². The van der Waals surface area contributed by atoms with Gasteiger partial charge in [-0.25, -0.2) is 14.8 Å². The highest BCUT2D eigenvalue weighted by Crippen LogP contribution is 2.36. The molecule has 0 fully saturated rings. The average Bonchev–Trinajstić information content (AvgIpc) is 3.21. The zero-order valence-electron chi connectivity index (χ0n) is 19.9. The fourth-order valence-electron chi connectivity index (χ4n) is 3.33. The number of aromatic nitrogens is 2. The topological polar surface area (TPSA) is 159 Å². The van der Waals surface area contributed by atoms with Crippen LogP contribution in [0.4, 0.5) is 0 Å². The van der Waals surface area contributed by atoms with Crippen molar-refractivity contribution in [3.05, 3.63) is 48.0 Å². The molecule has 0 aliphatic rings. The number of hydrogen-bond acceptors (Lipinski definition) is 10. The van der Waals surface area contributed by atoms with Crippen molar-refractivity contribution in [3.8, 4) is 23.1 Å². The second-order valence-corrected chi connectivity index (χ2v) is 7.08. The molecule has 1 amide bonds. The van der Waals surface area contributed by atoms with Gasteiger partial charge in [0.2, 0.25) is 5.88 Å². The Labute approximate surface area is 204 Å². The smallest absolute Gasteiger partial charge is 0.341 e. The van der Waals surface area contributed by atoms with Crippen molar-refractivity contribution in [3.63, 3.8) is 0 Å². The number of benzene rings is 2. The number of hydrogen-bond donors (Lipinski definition) is 2. The van der Waals surface area contributed by atoms with Crippen molar-refractivity contribution in [2.45, 2.75) is 6.92 Å². The third-order valence-corrected chi connectivity index (χ3v) is 4.89. The van der Waals surface area contributed by atoms with Crippen molar-refractivity contribution in [1.29, 1.82) is 0 Å². The largest absolute Gasteiger partial charge is 0.493 e. The van der Waals surface area contributed by atoms with Crippen molar-refractivity contribution < 1.29 is 42.9 Å². The Balaban J connectivity index is 0.000000454. The Kier molecular flexibility index (Phi) is 8.23. The van der Waals surface area contributed by atoms with Gasteiger partial charge in [-0.15, -0.1) is 0 Å². The molecule has 4 rings (SSSR count). The fraction of sp³-hybridized carbons (Fsp3) is 0.208. The highest BCUT2D eigenvalue weighted by Gasteiger charge is 2.18. The Morgan fingerprint density at radius 2 is 1.81 bits per heavy atom. The predicted octanol–water partition coefficient (Wildman–Crippen LogP) is 3.10. The van der Waals surface area contributed by atoms with E-state index in [9.17, 15) is 14.4 Å². The molecule has 12 heteroatoms. The Morgan fingerprint density at radius 1 is 1.08 bits per heavy atom. The average molecular weight is 497 g/mol. The number of amides is 1. The van der Waals surface area contributed by atoms with Crippen molar-refractivity contribution >= 4 is 40.2 Å². The Morgan fingerprint density at radius 3 is 2.42 bits per heavy atom. The number of furan rings is 1. The molecule has 0 aliphatic heterocycles. The van der Waals surface area contributed by atoms with E-state index < -0.39 is 12.6 Å². The quantitative estimate of drug-likeness (QED) is 0.344. The van der Waals surface area contributed by atoms with Crippen molar-refractivity contribution in [2.75, 3.05) is 27.9 Å². The van der Waals surface area contributed by atoms with E-state index >= 15 is 0 Å². The van der Waals surface area contributed by atoms with Gasteiger partial charge < -0.3 is 33.8 Å². The molecule has 2 heterocycles. The molecule has 36 heavy (non-hydrogen) atoms. The number of carbonyl (C=O) groups excluding carboxylic acids is 2. The van der Waals surface area contributed by atoms with Gasteiger partial charge in [0.25, 0.3) is 12.4 Å². The van der Waals surface area contributed by atoms with Crippen LogP contribution in [0.15, 0.2) is 41.1 Å². The normalized spacial score (nSPS) is 10.2. The van der Waals surface area contributed by atoms with E-state index in [2.05, 4.69) is 20.0 Å². The minimum absolute atomic E-state index is 0.0914. The number of carboxylic acids is 1. The molecule has 0 radical (unpaired) electrons. The molecule has 0 saturated carbocycles. The summed E-state index contributed by atoms with van der Waals surface area (Å²) in [6.07, 6.45) is 1.42. The van der Waals surface area contributed by atoms with Crippen LogP contribution < -0.4 is 19.5 Å². The maximum Gasteiger partial charge on any atom is 0.341 e. The first kappa shape index (κ1) is 25.7. The second-order valence-electron chi connectivity index (χ2n) is 7.08. The summed E-state index contributed by atoms with van der Waals surface area (Å²) in [5.41, 5.74) is 1.72. The van der Waals surface area contributed by atoms with Crippen LogP contribution in [-0.2, 0) is 14.3 Å². The summed E-state index contributed by atoms with van der Waals surface area (Å²) in [7, 11) is 4.71. The molecule has 0 aliphatic carbocycles. The van der Waals surface area contributed by atoms with Crippen LogP contribution >= 0.6 is 0 Å². The SMILES string of the molecule is CNC(=O)c1c(C)oc2cc(Oc3ncnc4cc(OC)c(OC)cc34)ccc12.O=COCC(=O)O. The summed E-state index contributed by atoms with van der Waals surface area (Å²) in [6, 6.07) is 8.81. The third-order valence-electron chi connectivity index (χ3n) is 4.89. The van der Waals surface area contributed by atoms with E-state index in [1.165, 1.54) is 6.33 Å². The summed E-state index contributed by atoms with van der Waals surface area (Å²) in [5.74, 6) is 1.20. The van der Waals surface area contributed by atoms with Crippen molar-refractivity contribution in [2.24, 2.45) is 0 Å². The predicted molar refractivity (Wildman–Crippen MR) is 127 cm³/mol. The number of nitrogens with zero attached hydrogens (tertiary/aromatic N) is 2. The number of ether oxygens (including phenoxy) is 4. The molecular formula is C24H23N3O9. The van der Waals surface area contributed by atoms with Gasteiger partial charge in [0, 0.05) is 24.6 Å². The van der Waals surface area contributed by atoms with Gasteiger partial charge in [-0.05, 0) is 25.1 Å². The minimum atomic E-state index is -1.15. The number of carbonyl (C=O) groups is 3. The van der Waals surface area contributed by atoms with Crippen LogP contribution in [0.2, 0.25) is 0 Å². The monoisotopic (exact) mass is 497 g/mol. The molecule has 12 nitrogen and oxygen atoms in total. The Bertz CT molecular complexity index is 1420. The van der Waals surface area contributed by atoms with Gasteiger partial charge in [0.1, 0.15) is 23.4 Å². The first-order chi connectivity index (χ1) is 17.3. The lowest BCUT2D eigenvalue weighted by Gasteiger charge is -2.11. The molecule has 0 unspecified atom stereocenters. The molecule has 2 N–H and O–H groups in total. The third kappa shape index (κ3) is 5.60. The molecule has 2 aromatic carbocycles. The first-order valence-electron chi connectivity index (χ1n) is 10.4. The maximum absolute atomic E-state index is 12.1. The molecule has 0 saturated heterocycles. The zero-order valence-corrected chi connectivity index (χ0v) is 19.9. The van der Waals surface area contributed by atoms with Crippen LogP contribution in [0.3, 0.4) is 0 Å². The standard InChI is InChI=1S/C21H19N3O5.C3H4O4/c1-11-19(20(25)22-2)13-6-5-12(7-16(13)28-11)29-21-14-8-17(26-3)18(27-4)9-15(14)23-10-24-21;4-2-7-1-3(5)6/h5-10H,1-4H3,(H,22,25);2H,1H2,(H,5,6). The number of aryl methyl sites for hydroxylation is 1. The van der Waals surface area contributed by atoms with Gasteiger partial charge in [-0.3, -0.25) is 9.59 Å². The first-order valence-corrected chi connectivity index (χ1v) is 10.4. The summed E-state index contributed by atoms with van der Waals surface area (Å²) in [5, 5.41) is 11.8. The van der Waals surface area contributed by atoms with E-state index in [1.54, 1.807) is 58.5 Å². The van der Waals surface area contributed by atoms with Crippen LogP contribution in [0.5, 0.6) is 23.1 Å². The lowest BCUT2D eigenvalue weighted by molar-refractivity contribution is -0.147. The summed E-state index contributed by atoms with van der Waals surface area (Å²) in [4.78, 5) is 39.3. The van der Waals surface area contributed by atoms with Crippen LogP contribution in [0, 0.1) is 6.92 Å². The van der Waals surface area contributed by atoms with Crippen LogP contribution in [0.1, 0.15) is 16.1 Å². The van der Waals surface area contributed by atoms with Gasteiger partial charge in [-0.2, -0.15) is 0 Å².